The predicted molar refractivity (Wildman–Crippen MR) is 114 cm³/mol. The fraction of sp³-hybridized carbons (Fsp3) is 0.208. The molecule has 2 aliphatic heterocycles. The molecule has 0 radical (unpaired) electrons. The van der Waals surface area contributed by atoms with Gasteiger partial charge in [0.2, 0.25) is 0 Å². The molecule has 31 heavy (non-hydrogen) atoms. The number of hydrogen-bond acceptors (Lipinski definition) is 6. The molecule has 0 bridgehead atoms. The van der Waals surface area contributed by atoms with E-state index < -0.39 is 11.9 Å². The molecule has 2 heterocycles. The number of carbonyl (C=O) groups excluding carboxylic acids is 1. The Morgan fingerprint density at radius 2 is 1.45 bits per heavy atom. The van der Waals surface area contributed by atoms with Gasteiger partial charge in [-0.3, -0.25) is 5.32 Å². The molecule has 7 nitrogen and oxygen atoms in total. The van der Waals surface area contributed by atoms with Crippen molar-refractivity contribution in [1.82, 2.24) is 5.06 Å². The van der Waals surface area contributed by atoms with Crippen LogP contribution in [0.4, 0.5) is 10.5 Å². The monoisotopic (exact) mass is 418 g/mol. The molecule has 1 fully saturated rings. The summed E-state index contributed by atoms with van der Waals surface area (Å²) in [5, 5.41) is 4.33. The van der Waals surface area contributed by atoms with Gasteiger partial charge in [-0.2, -0.15) is 0 Å². The molecule has 7 heteroatoms. The van der Waals surface area contributed by atoms with E-state index in [9.17, 15) is 4.79 Å². The van der Waals surface area contributed by atoms with Crippen molar-refractivity contribution in [3.63, 3.8) is 0 Å². The molecular formula is C24H22N2O5. The van der Waals surface area contributed by atoms with Crippen molar-refractivity contribution >= 4 is 11.8 Å². The van der Waals surface area contributed by atoms with E-state index in [1.54, 1.807) is 23.3 Å². The lowest BCUT2D eigenvalue weighted by Gasteiger charge is -2.28. The number of fused-ring (bicyclic) bond motifs is 1. The van der Waals surface area contributed by atoms with E-state index in [-0.39, 0.29) is 0 Å². The fourth-order valence-corrected chi connectivity index (χ4v) is 3.69. The quantitative estimate of drug-likeness (QED) is 0.686. The molecule has 0 aliphatic carbocycles. The standard InChI is InChI=1S/C24H22N2O5/c27-23(31-26-13-15-28-16-14-26)25-20-11-12-21-22(17-20)30-24(29-21,18-7-3-1-4-8-18)19-9-5-2-6-10-19/h1-12,17H,13-16H2,(H,25,27). The molecule has 158 valence electrons. The van der Waals surface area contributed by atoms with Gasteiger partial charge in [0.1, 0.15) is 0 Å². The van der Waals surface area contributed by atoms with E-state index in [0.717, 1.165) is 11.1 Å². The number of anilines is 1. The second kappa shape index (κ2) is 8.29. The first-order valence-corrected chi connectivity index (χ1v) is 10.2. The van der Waals surface area contributed by atoms with Crippen LogP contribution in [0.3, 0.4) is 0 Å². The van der Waals surface area contributed by atoms with Gasteiger partial charge in [-0.1, -0.05) is 60.7 Å². The average Bonchev–Trinajstić information content (AvgIpc) is 3.21. The van der Waals surface area contributed by atoms with Crippen LogP contribution in [0, 0.1) is 0 Å². The van der Waals surface area contributed by atoms with Gasteiger partial charge >= 0.3 is 11.9 Å². The van der Waals surface area contributed by atoms with E-state index in [0.29, 0.717) is 43.5 Å². The number of hydroxylamine groups is 2. The summed E-state index contributed by atoms with van der Waals surface area (Å²) in [6, 6.07) is 24.9. The lowest BCUT2D eigenvalue weighted by atomic mass is 9.97. The summed E-state index contributed by atoms with van der Waals surface area (Å²) in [5.74, 6) is 0.0364. The van der Waals surface area contributed by atoms with E-state index in [1.165, 1.54) is 0 Å². The van der Waals surface area contributed by atoms with E-state index in [2.05, 4.69) is 5.32 Å². The van der Waals surface area contributed by atoms with Crippen LogP contribution in [0.15, 0.2) is 78.9 Å². The molecule has 1 amide bonds. The summed E-state index contributed by atoms with van der Waals surface area (Å²) >= 11 is 0. The molecule has 5 rings (SSSR count). The normalized spacial score (nSPS) is 17.2. The number of nitrogens with zero attached hydrogens (tertiary/aromatic N) is 1. The largest absolute Gasteiger partial charge is 0.440 e. The van der Waals surface area contributed by atoms with Gasteiger partial charge in [-0.25, -0.2) is 4.79 Å². The molecule has 3 aromatic rings. The molecule has 0 saturated carbocycles. The lowest BCUT2D eigenvalue weighted by Crippen LogP contribution is -2.39. The Balaban J connectivity index is 1.38. The van der Waals surface area contributed by atoms with Gasteiger partial charge in [-0.15, -0.1) is 5.06 Å². The number of amides is 1. The summed E-state index contributed by atoms with van der Waals surface area (Å²) in [7, 11) is 0. The van der Waals surface area contributed by atoms with Gasteiger partial charge in [0.05, 0.1) is 26.3 Å². The third-order valence-electron chi connectivity index (χ3n) is 5.19. The Hall–Kier alpha value is -3.55. The number of morpholine rings is 1. The highest BCUT2D eigenvalue weighted by atomic mass is 16.7. The second-order valence-corrected chi connectivity index (χ2v) is 7.26. The van der Waals surface area contributed by atoms with Gasteiger partial charge in [0, 0.05) is 22.9 Å². The average molecular weight is 418 g/mol. The van der Waals surface area contributed by atoms with Crippen LogP contribution < -0.4 is 14.8 Å². The Labute approximate surface area is 180 Å². The van der Waals surface area contributed by atoms with Gasteiger partial charge in [0.25, 0.3) is 0 Å². The number of rotatable bonds is 4. The zero-order valence-corrected chi connectivity index (χ0v) is 16.8. The Morgan fingerprint density at radius 3 is 2.10 bits per heavy atom. The maximum absolute atomic E-state index is 12.3. The van der Waals surface area contributed by atoms with Crippen LogP contribution >= 0.6 is 0 Å². The first kappa shape index (κ1) is 19.4. The number of nitrogens with one attached hydrogen (secondary N) is 1. The highest BCUT2D eigenvalue weighted by molar-refractivity contribution is 5.85. The Morgan fingerprint density at radius 1 is 0.839 bits per heavy atom. The molecule has 1 N–H and O–H groups in total. The van der Waals surface area contributed by atoms with Crippen molar-refractivity contribution in [2.45, 2.75) is 5.79 Å². The zero-order valence-electron chi connectivity index (χ0n) is 16.8. The maximum Gasteiger partial charge on any atom is 0.430 e. The first-order valence-electron chi connectivity index (χ1n) is 10.2. The van der Waals surface area contributed by atoms with Crippen LogP contribution in [-0.4, -0.2) is 37.5 Å². The second-order valence-electron chi connectivity index (χ2n) is 7.26. The minimum atomic E-state index is -1.10. The summed E-state index contributed by atoms with van der Waals surface area (Å²) in [6.07, 6.45) is -0.557. The third-order valence-corrected chi connectivity index (χ3v) is 5.19. The van der Waals surface area contributed by atoms with Gasteiger partial charge in [-0.05, 0) is 12.1 Å². The molecule has 0 spiro atoms. The predicted octanol–water partition coefficient (Wildman–Crippen LogP) is 4.15. The van der Waals surface area contributed by atoms with Gasteiger partial charge < -0.3 is 19.0 Å². The number of carbonyl (C=O) groups is 1. The topological polar surface area (TPSA) is 69.3 Å². The molecular weight excluding hydrogens is 396 g/mol. The van der Waals surface area contributed by atoms with Crippen LogP contribution in [0.2, 0.25) is 0 Å². The minimum absolute atomic E-state index is 0.539. The summed E-state index contributed by atoms with van der Waals surface area (Å²) in [4.78, 5) is 17.6. The Bertz CT molecular complexity index is 1010. The zero-order chi connectivity index (χ0) is 21.1. The van der Waals surface area contributed by atoms with E-state index >= 15 is 0 Å². The van der Waals surface area contributed by atoms with E-state index in [1.807, 2.05) is 60.7 Å². The van der Waals surface area contributed by atoms with Crippen LogP contribution in [-0.2, 0) is 15.4 Å². The van der Waals surface area contributed by atoms with Crippen molar-refractivity contribution in [2.75, 3.05) is 31.6 Å². The molecule has 0 unspecified atom stereocenters. The van der Waals surface area contributed by atoms with Crippen molar-refractivity contribution < 1.29 is 23.8 Å². The molecule has 1 saturated heterocycles. The van der Waals surface area contributed by atoms with Gasteiger partial charge in [0.15, 0.2) is 11.5 Å². The fourth-order valence-electron chi connectivity index (χ4n) is 3.69. The number of benzene rings is 3. The number of hydrogen-bond donors (Lipinski definition) is 1. The summed E-state index contributed by atoms with van der Waals surface area (Å²) in [6.45, 7) is 2.17. The van der Waals surface area contributed by atoms with Crippen molar-refractivity contribution in [3.05, 3.63) is 90.0 Å². The highest BCUT2D eigenvalue weighted by Crippen LogP contribution is 2.48. The molecule has 3 aromatic carbocycles. The van der Waals surface area contributed by atoms with Crippen molar-refractivity contribution in [1.29, 1.82) is 0 Å². The number of ether oxygens (including phenoxy) is 3. The van der Waals surface area contributed by atoms with Crippen LogP contribution in [0.25, 0.3) is 0 Å². The minimum Gasteiger partial charge on any atom is -0.440 e. The summed E-state index contributed by atoms with van der Waals surface area (Å²) in [5.41, 5.74) is 2.30. The Kier molecular flexibility index (Phi) is 5.19. The SMILES string of the molecule is O=C(Nc1ccc2c(c1)OC(c1ccccc1)(c1ccccc1)O2)ON1CCOCC1. The molecule has 0 atom stereocenters. The molecule has 0 aromatic heterocycles. The smallest absolute Gasteiger partial charge is 0.430 e. The third kappa shape index (κ3) is 3.93. The lowest BCUT2D eigenvalue weighted by molar-refractivity contribution is -0.142. The molecule has 2 aliphatic rings. The van der Waals surface area contributed by atoms with Crippen molar-refractivity contribution in [2.24, 2.45) is 0 Å². The summed E-state index contributed by atoms with van der Waals surface area (Å²) < 4.78 is 18.0. The van der Waals surface area contributed by atoms with E-state index in [4.69, 9.17) is 19.0 Å². The first-order chi connectivity index (χ1) is 15.2. The van der Waals surface area contributed by atoms with Crippen LogP contribution in [0.1, 0.15) is 11.1 Å². The maximum atomic E-state index is 12.3. The highest BCUT2D eigenvalue weighted by Gasteiger charge is 2.45. The van der Waals surface area contributed by atoms with Crippen molar-refractivity contribution in [3.8, 4) is 11.5 Å². The van der Waals surface area contributed by atoms with Crippen LogP contribution in [0.5, 0.6) is 11.5 Å².